The van der Waals surface area contributed by atoms with E-state index in [9.17, 15) is 0 Å². The molecule has 1 aliphatic heterocycles. The molecule has 2 unspecified atom stereocenters. The number of ether oxygens (including phenoxy) is 2. The van der Waals surface area contributed by atoms with Crippen molar-refractivity contribution >= 4 is 29.9 Å². The summed E-state index contributed by atoms with van der Waals surface area (Å²) in [6.07, 6.45) is 2.56. The molecule has 2 atom stereocenters. The van der Waals surface area contributed by atoms with E-state index >= 15 is 0 Å². The number of benzene rings is 1. The Balaban J connectivity index is 0.00000364. The number of para-hydroxylation sites is 2. The summed E-state index contributed by atoms with van der Waals surface area (Å²) in [6, 6.07) is 8.34. The molecule has 0 bridgehead atoms. The molecule has 0 spiro atoms. The highest BCUT2D eigenvalue weighted by Gasteiger charge is 2.25. The monoisotopic (exact) mass is 490 g/mol. The van der Waals surface area contributed by atoms with Gasteiger partial charge in [-0.3, -0.25) is 9.89 Å². The maximum absolute atomic E-state index is 6.01. The second-order valence-electron chi connectivity index (χ2n) is 6.81. The van der Waals surface area contributed by atoms with Crippen LogP contribution in [-0.2, 0) is 0 Å². The number of halogens is 1. The van der Waals surface area contributed by atoms with Crippen LogP contribution in [0.4, 0.5) is 0 Å². The van der Waals surface area contributed by atoms with Crippen LogP contribution in [0.3, 0.4) is 0 Å². The number of nitrogens with zero attached hydrogens (tertiary/aromatic N) is 3. The van der Waals surface area contributed by atoms with Crippen molar-refractivity contribution in [1.82, 2.24) is 15.1 Å². The minimum Gasteiger partial charge on any atom is -0.493 e. The van der Waals surface area contributed by atoms with Crippen LogP contribution in [0.1, 0.15) is 26.7 Å². The van der Waals surface area contributed by atoms with Crippen LogP contribution in [0.15, 0.2) is 29.3 Å². The average molecular weight is 490 g/mol. The lowest BCUT2D eigenvalue weighted by atomic mass is 10.2. The predicted octanol–water partition coefficient (Wildman–Crippen LogP) is 3.07. The highest BCUT2D eigenvalue weighted by Crippen LogP contribution is 2.26. The Bertz CT molecular complexity index is 585. The van der Waals surface area contributed by atoms with Crippen molar-refractivity contribution in [2.45, 2.75) is 38.8 Å². The fourth-order valence-electron chi connectivity index (χ4n) is 3.52. The van der Waals surface area contributed by atoms with Gasteiger partial charge in [0.15, 0.2) is 17.5 Å². The molecule has 7 heteroatoms. The topological polar surface area (TPSA) is 49.3 Å². The van der Waals surface area contributed by atoms with E-state index in [4.69, 9.17) is 9.47 Å². The fourth-order valence-corrected chi connectivity index (χ4v) is 3.52. The highest BCUT2D eigenvalue weighted by atomic mass is 127. The number of methoxy groups -OCH3 is 1. The lowest BCUT2D eigenvalue weighted by Gasteiger charge is -2.30. The van der Waals surface area contributed by atoms with Gasteiger partial charge >= 0.3 is 0 Å². The molecule has 0 radical (unpaired) electrons. The zero-order valence-corrected chi connectivity index (χ0v) is 19.6. The van der Waals surface area contributed by atoms with Gasteiger partial charge in [0.25, 0.3) is 0 Å². The SMILES string of the molecule is CCN1CCCC1CN(C)C(=NC)NCC(C)Oc1ccccc1OC.I. The molecular weight excluding hydrogens is 455 g/mol. The Kier molecular flexibility index (Phi) is 10.8. The molecule has 27 heavy (non-hydrogen) atoms. The van der Waals surface area contributed by atoms with Crippen LogP contribution in [0.25, 0.3) is 0 Å². The molecule has 2 rings (SSSR count). The summed E-state index contributed by atoms with van der Waals surface area (Å²) in [7, 11) is 5.59. The van der Waals surface area contributed by atoms with Gasteiger partial charge in [-0.15, -0.1) is 24.0 Å². The van der Waals surface area contributed by atoms with Gasteiger partial charge in [-0.05, 0) is 45.0 Å². The van der Waals surface area contributed by atoms with E-state index in [2.05, 4.69) is 34.1 Å². The van der Waals surface area contributed by atoms with Gasteiger partial charge in [-0.25, -0.2) is 0 Å². The van der Waals surface area contributed by atoms with Crippen LogP contribution in [0.2, 0.25) is 0 Å². The first-order chi connectivity index (χ1) is 12.6. The maximum atomic E-state index is 6.01. The molecule has 1 aromatic rings. The van der Waals surface area contributed by atoms with Gasteiger partial charge in [0.05, 0.1) is 13.7 Å². The summed E-state index contributed by atoms with van der Waals surface area (Å²) in [6.45, 7) is 8.29. The number of rotatable bonds is 8. The van der Waals surface area contributed by atoms with E-state index in [1.54, 1.807) is 7.11 Å². The molecule has 1 aromatic carbocycles. The minimum absolute atomic E-state index is 0. The molecule has 6 nitrogen and oxygen atoms in total. The first-order valence-electron chi connectivity index (χ1n) is 9.54. The van der Waals surface area contributed by atoms with Crippen LogP contribution in [0, 0.1) is 0 Å². The average Bonchev–Trinajstić information content (AvgIpc) is 3.09. The van der Waals surface area contributed by atoms with E-state index in [1.807, 2.05) is 38.2 Å². The maximum Gasteiger partial charge on any atom is 0.193 e. The lowest BCUT2D eigenvalue weighted by molar-refractivity contribution is 0.209. The zero-order valence-electron chi connectivity index (χ0n) is 17.3. The van der Waals surface area contributed by atoms with Gasteiger partial charge in [0.1, 0.15) is 6.10 Å². The Morgan fingerprint density at radius 1 is 1.37 bits per heavy atom. The number of nitrogens with one attached hydrogen (secondary N) is 1. The van der Waals surface area contributed by atoms with Gasteiger partial charge in [-0.2, -0.15) is 0 Å². The zero-order chi connectivity index (χ0) is 18.9. The molecule has 1 fully saturated rings. The van der Waals surface area contributed by atoms with Crippen molar-refractivity contribution in [3.63, 3.8) is 0 Å². The number of likely N-dealkylation sites (tertiary alicyclic amines) is 1. The predicted molar refractivity (Wildman–Crippen MR) is 123 cm³/mol. The number of guanidine groups is 1. The van der Waals surface area contributed by atoms with Crippen molar-refractivity contribution in [1.29, 1.82) is 0 Å². The van der Waals surface area contributed by atoms with Crippen LogP contribution >= 0.6 is 24.0 Å². The van der Waals surface area contributed by atoms with E-state index in [1.165, 1.54) is 19.4 Å². The Hall–Kier alpha value is -1.22. The van der Waals surface area contributed by atoms with Gasteiger partial charge < -0.3 is 19.7 Å². The van der Waals surface area contributed by atoms with E-state index in [-0.39, 0.29) is 30.1 Å². The second kappa shape index (κ2) is 12.3. The largest absolute Gasteiger partial charge is 0.493 e. The molecule has 1 saturated heterocycles. The standard InChI is InChI=1S/C20H34N4O2.HI/c1-6-24-13-9-10-17(24)15-23(4)20(21-3)22-14-16(2)26-19-12-8-7-11-18(19)25-5;/h7-8,11-12,16-17H,6,9-10,13-15H2,1-5H3,(H,21,22);1H. The highest BCUT2D eigenvalue weighted by molar-refractivity contribution is 14.0. The molecule has 154 valence electrons. The van der Waals surface area contributed by atoms with Gasteiger partial charge in [0.2, 0.25) is 0 Å². The van der Waals surface area contributed by atoms with E-state index in [0.717, 1.165) is 30.5 Å². The second-order valence-corrected chi connectivity index (χ2v) is 6.81. The van der Waals surface area contributed by atoms with Gasteiger partial charge in [-0.1, -0.05) is 19.1 Å². The lowest BCUT2D eigenvalue weighted by Crippen LogP contribution is -2.47. The number of aliphatic imine (C=N–C) groups is 1. The van der Waals surface area contributed by atoms with Crippen LogP contribution in [-0.4, -0.2) is 75.3 Å². The molecule has 1 aliphatic rings. The van der Waals surface area contributed by atoms with Crippen molar-refractivity contribution in [3.05, 3.63) is 24.3 Å². The summed E-state index contributed by atoms with van der Waals surface area (Å²) in [5.41, 5.74) is 0. The quantitative estimate of drug-likeness (QED) is 0.345. The summed E-state index contributed by atoms with van der Waals surface area (Å²) >= 11 is 0. The smallest absolute Gasteiger partial charge is 0.193 e. The minimum atomic E-state index is -0.00456. The Morgan fingerprint density at radius 2 is 2.07 bits per heavy atom. The third-order valence-corrected chi connectivity index (χ3v) is 4.91. The molecule has 0 aliphatic carbocycles. The fraction of sp³-hybridized carbons (Fsp3) is 0.650. The number of hydrogen-bond acceptors (Lipinski definition) is 4. The third kappa shape index (κ3) is 7.03. The van der Waals surface area contributed by atoms with Gasteiger partial charge in [0, 0.05) is 26.7 Å². The van der Waals surface area contributed by atoms with E-state index in [0.29, 0.717) is 12.6 Å². The van der Waals surface area contributed by atoms with Crippen molar-refractivity contribution in [2.75, 3.05) is 47.4 Å². The van der Waals surface area contributed by atoms with Crippen molar-refractivity contribution < 1.29 is 9.47 Å². The Labute approximate surface area is 181 Å². The molecule has 0 saturated carbocycles. The summed E-state index contributed by atoms with van der Waals surface area (Å²) in [4.78, 5) is 9.20. The number of likely N-dealkylation sites (N-methyl/N-ethyl adjacent to an activating group) is 2. The summed E-state index contributed by atoms with van der Waals surface area (Å²) < 4.78 is 11.4. The molecule has 0 aromatic heterocycles. The van der Waals surface area contributed by atoms with Crippen molar-refractivity contribution in [2.24, 2.45) is 4.99 Å². The number of hydrogen-bond donors (Lipinski definition) is 1. The molecule has 1 heterocycles. The van der Waals surface area contributed by atoms with Crippen LogP contribution < -0.4 is 14.8 Å². The normalized spacial score (nSPS) is 18.6. The third-order valence-electron chi connectivity index (χ3n) is 4.91. The first-order valence-corrected chi connectivity index (χ1v) is 9.54. The van der Waals surface area contributed by atoms with Crippen molar-refractivity contribution in [3.8, 4) is 11.5 Å². The van der Waals surface area contributed by atoms with E-state index < -0.39 is 0 Å². The summed E-state index contributed by atoms with van der Waals surface area (Å²) in [5.74, 6) is 2.42. The first kappa shape index (κ1) is 23.8. The Morgan fingerprint density at radius 3 is 2.70 bits per heavy atom. The van der Waals surface area contributed by atoms with Crippen LogP contribution in [0.5, 0.6) is 11.5 Å². The molecule has 1 N–H and O–H groups in total. The summed E-state index contributed by atoms with van der Waals surface area (Å²) in [5, 5.41) is 3.43. The molecule has 0 amide bonds. The molecular formula is C20H35IN4O2.